The summed E-state index contributed by atoms with van der Waals surface area (Å²) in [5, 5.41) is 14.7. The lowest BCUT2D eigenvalue weighted by atomic mass is 10.0. The van der Waals surface area contributed by atoms with Gasteiger partial charge in [0.05, 0.1) is 17.1 Å². The third-order valence-electron chi connectivity index (χ3n) is 3.62. The SMILES string of the molecule is Cc1cccc(Cc2nn(CC#N)c(=O)c3ccccc23)c1. The second-order valence-corrected chi connectivity index (χ2v) is 5.28. The first-order valence-electron chi connectivity index (χ1n) is 7.10. The molecule has 0 unspecified atom stereocenters. The van der Waals surface area contributed by atoms with Crippen molar-refractivity contribution in [1.29, 1.82) is 5.26 Å². The van der Waals surface area contributed by atoms with E-state index >= 15 is 0 Å². The summed E-state index contributed by atoms with van der Waals surface area (Å²) in [4.78, 5) is 12.3. The predicted octanol–water partition coefficient (Wildman–Crippen LogP) is 2.82. The van der Waals surface area contributed by atoms with E-state index in [1.165, 1.54) is 10.2 Å². The van der Waals surface area contributed by atoms with Gasteiger partial charge in [-0.05, 0) is 18.6 Å². The Morgan fingerprint density at radius 2 is 1.91 bits per heavy atom. The summed E-state index contributed by atoms with van der Waals surface area (Å²) in [5.41, 5.74) is 2.92. The Morgan fingerprint density at radius 3 is 2.64 bits per heavy atom. The molecule has 4 nitrogen and oxygen atoms in total. The van der Waals surface area contributed by atoms with Gasteiger partial charge in [-0.3, -0.25) is 4.79 Å². The van der Waals surface area contributed by atoms with E-state index in [0.29, 0.717) is 11.8 Å². The van der Waals surface area contributed by atoms with Crippen LogP contribution in [0, 0.1) is 18.3 Å². The van der Waals surface area contributed by atoms with Gasteiger partial charge < -0.3 is 0 Å². The Balaban J connectivity index is 2.18. The number of hydrogen-bond acceptors (Lipinski definition) is 3. The molecule has 0 bridgehead atoms. The molecule has 0 radical (unpaired) electrons. The van der Waals surface area contributed by atoms with Crippen LogP contribution < -0.4 is 5.56 Å². The van der Waals surface area contributed by atoms with Gasteiger partial charge in [-0.2, -0.15) is 10.4 Å². The Labute approximate surface area is 128 Å². The fraction of sp³-hybridized carbons (Fsp3) is 0.167. The molecule has 22 heavy (non-hydrogen) atoms. The number of benzene rings is 2. The maximum absolute atomic E-state index is 12.3. The fourth-order valence-corrected chi connectivity index (χ4v) is 2.63. The number of fused-ring (bicyclic) bond motifs is 1. The van der Waals surface area contributed by atoms with Crippen molar-refractivity contribution in [1.82, 2.24) is 9.78 Å². The van der Waals surface area contributed by atoms with Crippen LogP contribution in [0.25, 0.3) is 10.8 Å². The Hall–Kier alpha value is -2.93. The Bertz CT molecular complexity index is 935. The summed E-state index contributed by atoms with van der Waals surface area (Å²) in [5.74, 6) is 0. The van der Waals surface area contributed by atoms with Gasteiger partial charge in [0.2, 0.25) is 0 Å². The maximum Gasteiger partial charge on any atom is 0.275 e. The molecule has 3 rings (SSSR count). The summed E-state index contributed by atoms with van der Waals surface area (Å²) in [6.45, 7) is 2.01. The first-order valence-corrected chi connectivity index (χ1v) is 7.10. The van der Waals surface area contributed by atoms with Crippen LogP contribution in [0.5, 0.6) is 0 Å². The van der Waals surface area contributed by atoms with Crippen LogP contribution in [0.1, 0.15) is 16.8 Å². The highest BCUT2D eigenvalue weighted by atomic mass is 16.1. The quantitative estimate of drug-likeness (QED) is 0.745. The largest absolute Gasteiger partial charge is 0.275 e. The zero-order valence-corrected chi connectivity index (χ0v) is 12.3. The maximum atomic E-state index is 12.3. The Morgan fingerprint density at radius 1 is 1.14 bits per heavy atom. The number of nitriles is 1. The van der Waals surface area contributed by atoms with E-state index in [-0.39, 0.29) is 12.1 Å². The second kappa shape index (κ2) is 5.82. The topological polar surface area (TPSA) is 58.7 Å². The van der Waals surface area contributed by atoms with Gasteiger partial charge in [-0.25, -0.2) is 4.68 Å². The molecule has 3 aromatic rings. The molecule has 1 aromatic heterocycles. The summed E-state index contributed by atoms with van der Waals surface area (Å²) in [6, 6.07) is 17.6. The average Bonchev–Trinajstić information content (AvgIpc) is 2.52. The van der Waals surface area contributed by atoms with Crippen molar-refractivity contribution < 1.29 is 0 Å². The van der Waals surface area contributed by atoms with Gasteiger partial charge in [0.1, 0.15) is 6.54 Å². The van der Waals surface area contributed by atoms with Crippen LogP contribution in [-0.4, -0.2) is 9.78 Å². The van der Waals surface area contributed by atoms with Gasteiger partial charge in [0.15, 0.2) is 0 Å². The average molecular weight is 289 g/mol. The minimum atomic E-state index is -0.217. The molecule has 0 amide bonds. The minimum absolute atomic E-state index is 0.0372. The molecule has 0 N–H and O–H groups in total. The van der Waals surface area contributed by atoms with Crippen LogP contribution in [0.4, 0.5) is 0 Å². The van der Waals surface area contributed by atoms with Crippen molar-refractivity contribution >= 4 is 10.8 Å². The van der Waals surface area contributed by atoms with E-state index in [9.17, 15) is 4.79 Å². The molecule has 0 saturated carbocycles. The summed E-state index contributed by atoms with van der Waals surface area (Å²) >= 11 is 0. The number of aromatic nitrogens is 2. The number of aryl methyl sites for hydroxylation is 1. The molecule has 0 aliphatic heterocycles. The highest BCUT2D eigenvalue weighted by Crippen LogP contribution is 2.17. The monoisotopic (exact) mass is 289 g/mol. The highest BCUT2D eigenvalue weighted by molar-refractivity contribution is 5.83. The van der Waals surface area contributed by atoms with Crippen molar-refractivity contribution in [3.05, 3.63) is 75.7 Å². The zero-order valence-electron chi connectivity index (χ0n) is 12.3. The molecule has 0 fully saturated rings. The lowest BCUT2D eigenvalue weighted by molar-refractivity contribution is 0.651. The van der Waals surface area contributed by atoms with Gasteiger partial charge in [-0.1, -0.05) is 48.0 Å². The summed E-state index contributed by atoms with van der Waals surface area (Å²) < 4.78 is 1.24. The van der Waals surface area contributed by atoms with Crippen molar-refractivity contribution in [3.63, 3.8) is 0 Å². The van der Waals surface area contributed by atoms with Crippen LogP contribution >= 0.6 is 0 Å². The van der Waals surface area contributed by atoms with Crippen LogP contribution in [0.3, 0.4) is 0 Å². The molecule has 0 aliphatic rings. The van der Waals surface area contributed by atoms with E-state index in [1.54, 1.807) is 6.07 Å². The van der Waals surface area contributed by atoms with Gasteiger partial charge in [-0.15, -0.1) is 0 Å². The minimum Gasteiger partial charge on any atom is -0.267 e. The molecule has 2 aromatic carbocycles. The highest BCUT2D eigenvalue weighted by Gasteiger charge is 2.10. The molecule has 0 aliphatic carbocycles. The number of hydrogen-bond donors (Lipinski definition) is 0. The van der Waals surface area contributed by atoms with E-state index < -0.39 is 0 Å². The third-order valence-corrected chi connectivity index (χ3v) is 3.62. The molecule has 0 spiro atoms. The molecule has 0 atom stereocenters. The van der Waals surface area contributed by atoms with E-state index in [0.717, 1.165) is 16.6 Å². The van der Waals surface area contributed by atoms with E-state index in [1.807, 2.05) is 49.4 Å². The summed E-state index contributed by atoms with van der Waals surface area (Å²) in [7, 11) is 0. The normalized spacial score (nSPS) is 10.5. The third kappa shape index (κ3) is 2.61. The van der Waals surface area contributed by atoms with Crippen molar-refractivity contribution in [3.8, 4) is 6.07 Å². The van der Waals surface area contributed by atoms with Crippen LogP contribution in [0.15, 0.2) is 53.3 Å². The lowest BCUT2D eigenvalue weighted by Gasteiger charge is -2.09. The number of nitrogens with zero attached hydrogens (tertiary/aromatic N) is 3. The summed E-state index contributed by atoms with van der Waals surface area (Å²) in [6.07, 6.45) is 0.633. The van der Waals surface area contributed by atoms with Crippen molar-refractivity contribution in [2.75, 3.05) is 0 Å². The molecular formula is C18H15N3O. The van der Waals surface area contributed by atoms with Crippen LogP contribution in [0.2, 0.25) is 0 Å². The molecule has 0 saturated heterocycles. The van der Waals surface area contributed by atoms with Crippen molar-refractivity contribution in [2.45, 2.75) is 19.9 Å². The number of rotatable bonds is 3. The predicted molar refractivity (Wildman–Crippen MR) is 85.6 cm³/mol. The van der Waals surface area contributed by atoms with Crippen LogP contribution in [-0.2, 0) is 13.0 Å². The van der Waals surface area contributed by atoms with Gasteiger partial charge >= 0.3 is 0 Å². The molecule has 4 heteroatoms. The Kier molecular flexibility index (Phi) is 3.71. The van der Waals surface area contributed by atoms with Gasteiger partial charge in [0, 0.05) is 11.8 Å². The standard InChI is InChI=1S/C18H15N3O/c1-13-5-4-6-14(11-13)12-17-15-7-2-3-8-16(15)18(22)21(20-17)10-9-19/h2-8,11H,10,12H2,1H3. The second-order valence-electron chi connectivity index (χ2n) is 5.28. The lowest BCUT2D eigenvalue weighted by Crippen LogP contribution is -2.24. The molecule has 108 valence electrons. The van der Waals surface area contributed by atoms with E-state index in [2.05, 4.69) is 11.2 Å². The first kappa shape index (κ1) is 14.0. The molecule has 1 heterocycles. The first-order chi connectivity index (χ1) is 10.7. The van der Waals surface area contributed by atoms with E-state index in [4.69, 9.17) is 5.26 Å². The van der Waals surface area contributed by atoms with Gasteiger partial charge in [0.25, 0.3) is 5.56 Å². The molecular weight excluding hydrogens is 274 g/mol. The fourth-order valence-electron chi connectivity index (χ4n) is 2.63. The zero-order chi connectivity index (χ0) is 15.5. The van der Waals surface area contributed by atoms with Crippen molar-refractivity contribution in [2.24, 2.45) is 0 Å². The smallest absolute Gasteiger partial charge is 0.267 e.